The number of amides is 3. The summed E-state index contributed by atoms with van der Waals surface area (Å²) in [6, 6.07) is 14.9. The molecule has 0 aliphatic rings. The van der Waals surface area contributed by atoms with Crippen molar-refractivity contribution in [2.45, 2.75) is 33.9 Å². The molecule has 0 unspecified atom stereocenters. The Morgan fingerprint density at radius 3 is 2.37 bits per heavy atom. The van der Waals surface area contributed by atoms with Crippen LogP contribution >= 0.6 is 11.3 Å². The van der Waals surface area contributed by atoms with Gasteiger partial charge in [-0.3, -0.25) is 4.79 Å². The second-order valence-electron chi connectivity index (χ2n) is 8.81. The third-order valence-corrected chi connectivity index (χ3v) is 6.50. The molecule has 0 saturated heterocycles. The van der Waals surface area contributed by atoms with Crippen LogP contribution in [0.2, 0.25) is 0 Å². The molecule has 0 aliphatic heterocycles. The van der Waals surface area contributed by atoms with Gasteiger partial charge in [0.2, 0.25) is 5.91 Å². The molecule has 6 nitrogen and oxygen atoms in total. The summed E-state index contributed by atoms with van der Waals surface area (Å²) in [6.45, 7) is 7.08. The molecule has 1 aromatic heterocycles. The van der Waals surface area contributed by atoms with E-state index in [1.165, 1.54) is 17.0 Å². The molecule has 0 fully saturated rings. The van der Waals surface area contributed by atoms with Crippen LogP contribution in [0.4, 0.5) is 14.9 Å². The number of hydrogen-bond donors (Lipinski definition) is 1. The number of urea groups is 1. The molecule has 1 N–H and O–H groups in total. The highest BCUT2D eigenvalue weighted by Gasteiger charge is 2.24. The van der Waals surface area contributed by atoms with Gasteiger partial charge in [-0.2, -0.15) is 0 Å². The van der Waals surface area contributed by atoms with Crippen molar-refractivity contribution in [1.82, 2.24) is 9.80 Å². The average Bonchev–Trinajstić information content (AvgIpc) is 3.23. The summed E-state index contributed by atoms with van der Waals surface area (Å²) in [7, 11) is 1.54. The number of halogens is 1. The number of hydrogen-bond acceptors (Lipinski definition) is 4. The predicted molar refractivity (Wildman–Crippen MR) is 138 cm³/mol. The molecule has 0 aliphatic carbocycles. The molecular weight excluding hydrogens is 465 g/mol. The Morgan fingerprint density at radius 2 is 1.74 bits per heavy atom. The van der Waals surface area contributed by atoms with E-state index in [4.69, 9.17) is 4.74 Å². The number of nitrogens with one attached hydrogen (secondary N) is 1. The van der Waals surface area contributed by atoms with E-state index in [2.05, 4.69) is 5.32 Å². The summed E-state index contributed by atoms with van der Waals surface area (Å²) >= 11 is 1.59. The third-order valence-electron chi connectivity index (χ3n) is 5.49. The van der Waals surface area contributed by atoms with E-state index in [9.17, 15) is 14.0 Å². The van der Waals surface area contributed by atoms with Crippen molar-refractivity contribution < 1.29 is 18.7 Å². The number of carbonyl (C=O) groups excluding carboxylic acids is 2. The van der Waals surface area contributed by atoms with Gasteiger partial charge in [0.05, 0.1) is 19.3 Å². The van der Waals surface area contributed by atoms with Gasteiger partial charge in [-0.1, -0.05) is 38.1 Å². The zero-order chi connectivity index (χ0) is 25.4. The van der Waals surface area contributed by atoms with Crippen molar-refractivity contribution in [2.75, 3.05) is 25.5 Å². The van der Waals surface area contributed by atoms with Crippen LogP contribution in [0.1, 0.15) is 29.9 Å². The fourth-order valence-corrected chi connectivity index (χ4v) is 4.57. The van der Waals surface area contributed by atoms with Gasteiger partial charge in [-0.25, -0.2) is 9.18 Å². The molecule has 186 valence electrons. The number of methoxy groups -OCH3 is 1. The summed E-state index contributed by atoms with van der Waals surface area (Å²) in [4.78, 5) is 31.0. The van der Waals surface area contributed by atoms with Crippen LogP contribution < -0.4 is 10.1 Å². The van der Waals surface area contributed by atoms with E-state index in [0.29, 0.717) is 31.1 Å². The average molecular weight is 498 g/mol. The molecule has 35 heavy (non-hydrogen) atoms. The van der Waals surface area contributed by atoms with Crippen LogP contribution in [-0.4, -0.2) is 41.9 Å². The molecule has 0 spiro atoms. The molecule has 8 heteroatoms. The van der Waals surface area contributed by atoms with Crippen molar-refractivity contribution >= 4 is 29.0 Å². The molecule has 2 aromatic carbocycles. The maximum Gasteiger partial charge on any atom is 0.322 e. The van der Waals surface area contributed by atoms with Gasteiger partial charge in [0, 0.05) is 18.0 Å². The molecule has 0 bridgehead atoms. The van der Waals surface area contributed by atoms with E-state index in [-0.39, 0.29) is 30.2 Å². The lowest BCUT2D eigenvalue weighted by Gasteiger charge is -2.29. The minimum absolute atomic E-state index is 0.0786. The summed E-state index contributed by atoms with van der Waals surface area (Å²) in [6.07, 6.45) is 0. The van der Waals surface area contributed by atoms with Crippen molar-refractivity contribution in [1.29, 1.82) is 0 Å². The number of nitrogens with zero attached hydrogens (tertiary/aromatic N) is 2. The lowest BCUT2D eigenvalue weighted by atomic mass is 10.2. The van der Waals surface area contributed by atoms with Gasteiger partial charge in [0.1, 0.15) is 18.1 Å². The monoisotopic (exact) mass is 497 g/mol. The molecular formula is C27H32FN3O3S. The predicted octanol–water partition coefficient (Wildman–Crippen LogP) is 5.92. The van der Waals surface area contributed by atoms with Gasteiger partial charge in [-0.05, 0) is 59.7 Å². The second kappa shape index (κ2) is 12.4. The first-order chi connectivity index (χ1) is 16.8. The van der Waals surface area contributed by atoms with Crippen LogP contribution in [0.15, 0.2) is 60.0 Å². The van der Waals surface area contributed by atoms with Crippen LogP contribution in [-0.2, 0) is 17.9 Å². The van der Waals surface area contributed by atoms with E-state index in [1.807, 2.05) is 44.4 Å². The van der Waals surface area contributed by atoms with E-state index >= 15 is 0 Å². The number of aryl methyl sites for hydroxylation is 1. The van der Waals surface area contributed by atoms with Gasteiger partial charge in [0.15, 0.2) is 0 Å². The van der Waals surface area contributed by atoms with Crippen LogP contribution in [0.3, 0.4) is 0 Å². The normalized spacial score (nSPS) is 10.8. The summed E-state index contributed by atoms with van der Waals surface area (Å²) in [5, 5.41) is 4.87. The number of thiophene rings is 1. The van der Waals surface area contributed by atoms with E-state index < -0.39 is 0 Å². The third kappa shape index (κ3) is 7.55. The standard InChI is InChI=1S/C27H32FN3O3S/c1-19(2)15-31(27(33)29-23-7-5-6-8-24(23)34-4)18-26(32)30(17-25-20(3)13-14-35-25)16-21-9-11-22(28)12-10-21/h5-14,19H,15-18H2,1-4H3,(H,29,33). The molecule has 3 rings (SSSR count). The minimum Gasteiger partial charge on any atom is -0.495 e. The fourth-order valence-electron chi connectivity index (χ4n) is 3.65. The molecule has 3 amide bonds. The Morgan fingerprint density at radius 1 is 1.03 bits per heavy atom. The molecule has 1 heterocycles. The van der Waals surface area contributed by atoms with E-state index in [0.717, 1.165) is 16.0 Å². The topological polar surface area (TPSA) is 61.9 Å². The van der Waals surface area contributed by atoms with Gasteiger partial charge >= 0.3 is 6.03 Å². The highest BCUT2D eigenvalue weighted by atomic mass is 32.1. The van der Waals surface area contributed by atoms with Crippen molar-refractivity contribution in [2.24, 2.45) is 5.92 Å². The van der Waals surface area contributed by atoms with Gasteiger partial charge in [-0.15, -0.1) is 11.3 Å². The van der Waals surface area contributed by atoms with Crippen LogP contribution in [0, 0.1) is 18.7 Å². The van der Waals surface area contributed by atoms with E-state index in [1.54, 1.807) is 47.6 Å². The highest BCUT2D eigenvalue weighted by Crippen LogP contribution is 2.24. The molecule has 0 atom stereocenters. The number of ether oxygens (including phenoxy) is 1. The first-order valence-corrected chi connectivity index (χ1v) is 12.4. The summed E-state index contributed by atoms with van der Waals surface area (Å²) in [5.41, 5.74) is 2.47. The molecule has 3 aromatic rings. The second-order valence-corrected chi connectivity index (χ2v) is 9.81. The lowest BCUT2D eigenvalue weighted by Crippen LogP contribution is -2.45. The largest absolute Gasteiger partial charge is 0.495 e. The number of benzene rings is 2. The number of rotatable bonds is 10. The van der Waals surface area contributed by atoms with Crippen molar-refractivity contribution in [3.8, 4) is 5.75 Å². The van der Waals surface area contributed by atoms with Crippen molar-refractivity contribution in [3.05, 3.63) is 81.8 Å². The number of carbonyl (C=O) groups is 2. The Labute approximate surface area is 210 Å². The maximum absolute atomic E-state index is 13.5. The zero-order valence-corrected chi connectivity index (χ0v) is 21.4. The Kier molecular flexibility index (Phi) is 9.25. The molecule has 0 radical (unpaired) electrons. The van der Waals surface area contributed by atoms with Gasteiger partial charge in [0.25, 0.3) is 0 Å². The Bertz CT molecular complexity index is 1130. The van der Waals surface area contributed by atoms with Crippen LogP contribution in [0.25, 0.3) is 0 Å². The zero-order valence-electron chi connectivity index (χ0n) is 20.6. The smallest absolute Gasteiger partial charge is 0.322 e. The first-order valence-electron chi connectivity index (χ1n) is 11.5. The Balaban J connectivity index is 1.80. The van der Waals surface area contributed by atoms with Crippen molar-refractivity contribution in [3.63, 3.8) is 0 Å². The SMILES string of the molecule is COc1ccccc1NC(=O)N(CC(=O)N(Cc1ccc(F)cc1)Cc1sccc1C)CC(C)C. The van der Waals surface area contributed by atoms with Gasteiger partial charge < -0.3 is 19.9 Å². The fraction of sp³-hybridized carbons (Fsp3) is 0.333. The summed E-state index contributed by atoms with van der Waals surface area (Å²) < 4.78 is 18.8. The number of para-hydroxylation sites is 2. The Hall–Kier alpha value is -3.39. The first kappa shape index (κ1) is 26.2. The molecule has 0 saturated carbocycles. The lowest BCUT2D eigenvalue weighted by molar-refractivity contribution is -0.133. The van der Waals surface area contributed by atoms with Crippen LogP contribution in [0.5, 0.6) is 5.75 Å². The maximum atomic E-state index is 13.5. The number of anilines is 1. The quantitative estimate of drug-likeness (QED) is 0.378. The minimum atomic E-state index is -0.370. The highest BCUT2D eigenvalue weighted by molar-refractivity contribution is 7.10. The summed E-state index contributed by atoms with van der Waals surface area (Å²) in [5.74, 6) is 0.203.